The number of hydrogen-bond donors (Lipinski definition) is 1. The molecule has 1 amide bonds. The van der Waals surface area contributed by atoms with Crippen LogP contribution in [0.15, 0.2) is 41.8 Å². The van der Waals surface area contributed by atoms with Crippen molar-refractivity contribution < 1.29 is 4.79 Å². The smallest absolute Gasteiger partial charge is 0.234 e. The van der Waals surface area contributed by atoms with Crippen LogP contribution in [0.2, 0.25) is 0 Å². The molecule has 0 saturated heterocycles. The Morgan fingerprint density at radius 3 is 2.71 bits per heavy atom. The zero-order valence-corrected chi connectivity index (χ0v) is 14.5. The number of amides is 1. The SMILES string of the molecule is CN(C)c1ccc(NC(=O)CSc2ncnc3c2cnn3C)cc1. The lowest BCUT2D eigenvalue weighted by Gasteiger charge is -2.13. The molecule has 0 aliphatic heterocycles. The lowest BCUT2D eigenvalue weighted by atomic mass is 10.2. The maximum absolute atomic E-state index is 12.1. The minimum absolute atomic E-state index is 0.0757. The highest BCUT2D eigenvalue weighted by Crippen LogP contribution is 2.24. The van der Waals surface area contributed by atoms with E-state index in [1.807, 2.05) is 50.3 Å². The van der Waals surface area contributed by atoms with Crippen molar-refractivity contribution >= 4 is 40.1 Å². The van der Waals surface area contributed by atoms with E-state index < -0.39 is 0 Å². The molecule has 0 bridgehead atoms. The second-order valence-corrected chi connectivity index (χ2v) is 6.43. The topological polar surface area (TPSA) is 75.9 Å². The molecule has 0 unspecified atom stereocenters. The highest BCUT2D eigenvalue weighted by Gasteiger charge is 2.10. The molecular formula is C16H18N6OS. The van der Waals surface area contributed by atoms with Crippen LogP contribution >= 0.6 is 11.8 Å². The fourth-order valence-electron chi connectivity index (χ4n) is 2.23. The third-order valence-corrected chi connectivity index (χ3v) is 4.51. The summed E-state index contributed by atoms with van der Waals surface area (Å²) in [6, 6.07) is 7.71. The number of aryl methyl sites for hydroxylation is 1. The molecule has 0 radical (unpaired) electrons. The molecule has 0 aliphatic carbocycles. The summed E-state index contributed by atoms with van der Waals surface area (Å²) < 4.78 is 1.69. The van der Waals surface area contributed by atoms with Crippen molar-refractivity contribution in [2.75, 3.05) is 30.1 Å². The van der Waals surface area contributed by atoms with Crippen LogP contribution in [0, 0.1) is 0 Å². The summed E-state index contributed by atoms with van der Waals surface area (Å²) in [4.78, 5) is 22.6. The van der Waals surface area contributed by atoms with Crippen molar-refractivity contribution in [3.63, 3.8) is 0 Å². The van der Waals surface area contributed by atoms with Gasteiger partial charge in [0.2, 0.25) is 5.91 Å². The highest BCUT2D eigenvalue weighted by molar-refractivity contribution is 8.00. The maximum atomic E-state index is 12.1. The van der Waals surface area contributed by atoms with Crippen LogP contribution in [0.3, 0.4) is 0 Å². The Balaban J connectivity index is 1.62. The van der Waals surface area contributed by atoms with E-state index in [0.717, 1.165) is 27.4 Å². The summed E-state index contributed by atoms with van der Waals surface area (Å²) in [6.45, 7) is 0. The van der Waals surface area contributed by atoms with Crippen LogP contribution < -0.4 is 10.2 Å². The molecule has 1 N–H and O–H groups in total. The second kappa shape index (κ2) is 6.88. The van der Waals surface area contributed by atoms with Crippen LogP contribution in [-0.4, -0.2) is 45.5 Å². The number of aromatic nitrogens is 4. The molecule has 124 valence electrons. The van der Waals surface area contributed by atoms with E-state index in [0.29, 0.717) is 0 Å². The molecule has 0 aliphatic rings. The number of anilines is 2. The third kappa shape index (κ3) is 3.48. The predicted octanol–water partition coefficient (Wildman–Crippen LogP) is 2.16. The van der Waals surface area contributed by atoms with Crippen LogP contribution in [0.1, 0.15) is 0 Å². The van der Waals surface area contributed by atoms with Gasteiger partial charge in [0, 0.05) is 32.5 Å². The average Bonchev–Trinajstić information content (AvgIpc) is 2.95. The van der Waals surface area contributed by atoms with Gasteiger partial charge in [-0.25, -0.2) is 9.97 Å². The van der Waals surface area contributed by atoms with E-state index in [1.54, 1.807) is 10.9 Å². The van der Waals surface area contributed by atoms with E-state index in [2.05, 4.69) is 20.4 Å². The van der Waals surface area contributed by atoms with E-state index in [4.69, 9.17) is 0 Å². The molecule has 7 nitrogen and oxygen atoms in total. The van der Waals surface area contributed by atoms with Crippen molar-refractivity contribution in [3.05, 3.63) is 36.8 Å². The number of fused-ring (bicyclic) bond motifs is 1. The van der Waals surface area contributed by atoms with E-state index in [1.165, 1.54) is 18.1 Å². The predicted molar refractivity (Wildman–Crippen MR) is 96.4 cm³/mol. The summed E-state index contributed by atoms with van der Waals surface area (Å²) in [5, 5.41) is 8.67. The molecule has 24 heavy (non-hydrogen) atoms. The quantitative estimate of drug-likeness (QED) is 0.566. The van der Waals surface area contributed by atoms with Crippen molar-refractivity contribution in [1.29, 1.82) is 0 Å². The summed E-state index contributed by atoms with van der Waals surface area (Å²) in [6.07, 6.45) is 3.21. The number of thioether (sulfide) groups is 1. The standard InChI is InChI=1S/C16H18N6OS/c1-21(2)12-6-4-11(5-7-12)20-14(23)9-24-16-13-8-19-22(3)15(13)17-10-18-16/h4-8,10H,9H2,1-3H3,(H,20,23). The highest BCUT2D eigenvalue weighted by atomic mass is 32.2. The molecule has 0 spiro atoms. The van der Waals surface area contributed by atoms with Gasteiger partial charge in [-0.1, -0.05) is 11.8 Å². The largest absolute Gasteiger partial charge is 0.378 e. The Kier molecular flexibility index (Phi) is 4.66. The minimum Gasteiger partial charge on any atom is -0.378 e. The molecule has 3 aromatic rings. The van der Waals surface area contributed by atoms with Crippen molar-refractivity contribution in [2.24, 2.45) is 7.05 Å². The zero-order valence-electron chi connectivity index (χ0n) is 13.7. The van der Waals surface area contributed by atoms with Gasteiger partial charge in [-0.05, 0) is 24.3 Å². The lowest BCUT2D eigenvalue weighted by Crippen LogP contribution is -2.14. The first kappa shape index (κ1) is 16.3. The molecule has 0 fully saturated rings. The fraction of sp³-hybridized carbons (Fsp3) is 0.250. The first-order valence-corrected chi connectivity index (χ1v) is 8.36. The minimum atomic E-state index is -0.0757. The third-order valence-electron chi connectivity index (χ3n) is 3.50. The van der Waals surface area contributed by atoms with Crippen LogP contribution in [0.5, 0.6) is 0 Å². The molecule has 8 heteroatoms. The molecule has 1 aromatic carbocycles. The molecule has 2 heterocycles. The summed E-state index contributed by atoms with van der Waals surface area (Å²) in [5.41, 5.74) is 2.62. The number of benzene rings is 1. The lowest BCUT2D eigenvalue weighted by molar-refractivity contribution is -0.113. The molecule has 2 aromatic heterocycles. The van der Waals surface area contributed by atoms with Gasteiger partial charge in [0.05, 0.1) is 17.3 Å². The number of nitrogens with zero attached hydrogens (tertiary/aromatic N) is 5. The zero-order chi connectivity index (χ0) is 17.1. The van der Waals surface area contributed by atoms with Gasteiger partial charge in [-0.2, -0.15) is 5.10 Å². The van der Waals surface area contributed by atoms with E-state index >= 15 is 0 Å². The number of nitrogens with one attached hydrogen (secondary N) is 1. The van der Waals surface area contributed by atoms with Crippen LogP contribution in [0.4, 0.5) is 11.4 Å². The van der Waals surface area contributed by atoms with Gasteiger partial charge < -0.3 is 10.2 Å². The first-order valence-electron chi connectivity index (χ1n) is 7.37. The fourth-order valence-corrected chi connectivity index (χ4v) is 2.99. The van der Waals surface area contributed by atoms with Gasteiger partial charge in [0.1, 0.15) is 11.4 Å². The molecule has 0 saturated carbocycles. The maximum Gasteiger partial charge on any atom is 0.234 e. The van der Waals surface area contributed by atoms with Gasteiger partial charge in [0.15, 0.2) is 5.65 Å². The number of carbonyl (C=O) groups excluding carboxylic acids is 1. The second-order valence-electron chi connectivity index (χ2n) is 5.46. The van der Waals surface area contributed by atoms with Crippen molar-refractivity contribution in [1.82, 2.24) is 19.7 Å². The van der Waals surface area contributed by atoms with Crippen LogP contribution in [0.25, 0.3) is 11.0 Å². The number of carbonyl (C=O) groups is 1. The summed E-state index contributed by atoms with van der Waals surface area (Å²) >= 11 is 1.37. The van der Waals surface area contributed by atoms with Gasteiger partial charge in [-0.15, -0.1) is 0 Å². The van der Waals surface area contributed by atoms with E-state index in [-0.39, 0.29) is 11.7 Å². The Labute approximate surface area is 144 Å². The van der Waals surface area contributed by atoms with Crippen molar-refractivity contribution in [2.45, 2.75) is 5.03 Å². The Bertz CT molecular complexity index is 859. The molecule has 3 rings (SSSR count). The Hall–Kier alpha value is -2.61. The molecular weight excluding hydrogens is 324 g/mol. The van der Waals surface area contributed by atoms with Gasteiger partial charge in [-0.3, -0.25) is 9.48 Å². The Morgan fingerprint density at radius 1 is 1.25 bits per heavy atom. The van der Waals surface area contributed by atoms with Crippen LogP contribution in [-0.2, 0) is 11.8 Å². The van der Waals surface area contributed by atoms with Gasteiger partial charge >= 0.3 is 0 Å². The van der Waals surface area contributed by atoms with Crippen molar-refractivity contribution in [3.8, 4) is 0 Å². The average molecular weight is 342 g/mol. The first-order chi connectivity index (χ1) is 11.5. The summed E-state index contributed by atoms with van der Waals surface area (Å²) in [7, 11) is 5.78. The van der Waals surface area contributed by atoms with Gasteiger partial charge in [0.25, 0.3) is 0 Å². The number of rotatable bonds is 5. The summed E-state index contributed by atoms with van der Waals surface area (Å²) in [5.74, 6) is 0.199. The molecule has 0 atom stereocenters. The monoisotopic (exact) mass is 342 g/mol. The Morgan fingerprint density at radius 2 is 2.00 bits per heavy atom. The number of hydrogen-bond acceptors (Lipinski definition) is 6. The normalized spacial score (nSPS) is 10.8. The van der Waals surface area contributed by atoms with E-state index in [9.17, 15) is 4.79 Å².